The van der Waals surface area contributed by atoms with Gasteiger partial charge in [0.15, 0.2) is 0 Å². The van der Waals surface area contributed by atoms with Gasteiger partial charge in [0.25, 0.3) is 0 Å². The molecular weight excluding hydrogens is 428 g/mol. The van der Waals surface area contributed by atoms with Crippen molar-refractivity contribution in [3.8, 4) is 0 Å². The van der Waals surface area contributed by atoms with Crippen molar-refractivity contribution in [2.75, 3.05) is 14.2 Å². The van der Waals surface area contributed by atoms with Gasteiger partial charge in [-0.3, -0.25) is 19.2 Å². The summed E-state index contributed by atoms with van der Waals surface area (Å²) < 4.78 is 21.9. The Balaban J connectivity index is 1.92. The third kappa shape index (κ3) is 3.09. The van der Waals surface area contributed by atoms with Crippen LogP contribution in [0.25, 0.3) is 0 Å². The molecule has 7 unspecified atom stereocenters. The molecule has 0 aromatic heterocycles. The third-order valence-electron chi connectivity index (χ3n) is 8.60. The maximum absolute atomic E-state index is 13.4. The average Bonchev–Trinajstić information content (AvgIpc) is 3.15. The van der Waals surface area contributed by atoms with Gasteiger partial charge in [-0.05, 0) is 50.2 Å². The van der Waals surface area contributed by atoms with Gasteiger partial charge < -0.3 is 18.9 Å². The van der Waals surface area contributed by atoms with E-state index in [2.05, 4.69) is 6.92 Å². The van der Waals surface area contributed by atoms with Gasteiger partial charge in [-0.1, -0.05) is 18.6 Å². The Kier molecular flexibility index (Phi) is 5.49. The molecule has 4 aliphatic carbocycles. The van der Waals surface area contributed by atoms with Gasteiger partial charge >= 0.3 is 23.9 Å². The number of methoxy groups -OCH3 is 2. The number of carbonyl (C=O) groups is 4. The van der Waals surface area contributed by atoms with E-state index in [4.69, 9.17) is 18.9 Å². The summed E-state index contributed by atoms with van der Waals surface area (Å²) in [5.41, 5.74) is -0.561. The van der Waals surface area contributed by atoms with Gasteiger partial charge in [0.1, 0.15) is 17.1 Å². The van der Waals surface area contributed by atoms with Crippen LogP contribution in [0.2, 0.25) is 0 Å². The van der Waals surface area contributed by atoms with Crippen LogP contribution in [0.4, 0.5) is 0 Å². The molecule has 8 nitrogen and oxygen atoms in total. The summed E-state index contributed by atoms with van der Waals surface area (Å²) in [5, 5.41) is 0. The van der Waals surface area contributed by atoms with Crippen molar-refractivity contribution in [1.82, 2.24) is 0 Å². The monoisotopic (exact) mass is 460 g/mol. The van der Waals surface area contributed by atoms with Gasteiger partial charge in [0, 0.05) is 25.2 Å². The molecule has 0 aromatic carbocycles. The number of esters is 4. The van der Waals surface area contributed by atoms with Crippen LogP contribution >= 0.6 is 0 Å². The maximum Gasteiger partial charge on any atom is 0.316 e. The van der Waals surface area contributed by atoms with Crippen molar-refractivity contribution in [2.45, 2.75) is 65.1 Å². The van der Waals surface area contributed by atoms with Crippen molar-refractivity contribution in [3.05, 3.63) is 23.3 Å². The molecule has 0 heterocycles. The average molecular weight is 461 g/mol. The lowest BCUT2D eigenvalue weighted by atomic mass is 9.59. The minimum atomic E-state index is -1.32. The minimum Gasteiger partial charge on any atom is -0.469 e. The molecule has 2 bridgehead atoms. The molecule has 8 heteroatoms. The molecule has 0 aromatic rings. The summed E-state index contributed by atoms with van der Waals surface area (Å²) in [4.78, 5) is 50.6. The second-order valence-electron chi connectivity index (χ2n) is 10.2. The number of fused-ring (bicyclic) bond motifs is 2. The first kappa shape index (κ1) is 23.5. The Morgan fingerprint density at radius 1 is 1.06 bits per heavy atom. The van der Waals surface area contributed by atoms with E-state index in [-0.39, 0.29) is 11.9 Å². The Morgan fingerprint density at radius 2 is 1.76 bits per heavy atom. The molecule has 2 fully saturated rings. The fraction of sp³-hybridized carbons (Fsp3) is 0.680. The Morgan fingerprint density at radius 3 is 2.33 bits per heavy atom. The van der Waals surface area contributed by atoms with Crippen molar-refractivity contribution < 1.29 is 38.1 Å². The maximum atomic E-state index is 13.4. The minimum absolute atomic E-state index is 0.0319. The second kappa shape index (κ2) is 7.71. The number of ether oxygens (including phenoxy) is 4. The zero-order valence-electron chi connectivity index (χ0n) is 20.1. The fourth-order valence-electron chi connectivity index (χ4n) is 7.41. The van der Waals surface area contributed by atoms with Gasteiger partial charge in [-0.25, -0.2) is 0 Å². The summed E-state index contributed by atoms with van der Waals surface area (Å²) in [6, 6.07) is 0. The zero-order valence-corrected chi connectivity index (χ0v) is 20.1. The van der Waals surface area contributed by atoms with Crippen LogP contribution in [-0.4, -0.2) is 49.8 Å². The summed E-state index contributed by atoms with van der Waals surface area (Å²) in [6.45, 7) is 6.45. The summed E-state index contributed by atoms with van der Waals surface area (Å²) in [5.74, 6) is -3.10. The molecule has 4 rings (SSSR count). The quantitative estimate of drug-likeness (QED) is 0.466. The predicted octanol–water partition coefficient (Wildman–Crippen LogP) is 2.89. The fourth-order valence-corrected chi connectivity index (χ4v) is 7.41. The van der Waals surface area contributed by atoms with Crippen molar-refractivity contribution in [3.63, 3.8) is 0 Å². The van der Waals surface area contributed by atoms with Gasteiger partial charge in [-0.2, -0.15) is 0 Å². The largest absolute Gasteiger partial charge is 0.469 e. The molecule has 7 atom stereocenters. The standard InChI is InChI=1S/C25H32O8/c1-13-11-24-12-25(13,33-15(3)27)10-9-17(24)16-7-8-18(32-14(2)26)23(4,22(29)31-6)19(16)20(24)21(28)30-5/h7-8,13,18-20H,9-12H2,1-6H3. The molecule has 0 radical (unpaired) electrons. The summed E-state index contributed by atoms with van der Waals surface area (Å²) in [7, 11) is 2.63. The van der Waals surface area contributed by atoms with Crippen LogP contribution in [0.1, 0.15) is 53.4 Å². The molecule has 2 saturated carbocycles. The SMILES string of the molecule is COC(=O)C1C2C(=C3CCC4(OC(C)=O)CC31CC4C)C=CC(OC(C)=O)C2(C)C(=O)OC. The van der Waals surface area contributed by atoms with Crippen molar-refractivity contribution >= 4 is 23.9 Å². The number of carbonyl (C=O) groups excluding carboxylic acids is 4. The van der Waals surface area contributed by atoms with Gasteiger partial charge in [-0.15, -0.1) is 0 Å². The lowest BCUT2D eigenvalue weighted by Crippen LogP contribution is -2.54. The molecule has 180 valence electrons. The highest BCUT2D eigenvalue weighted by molar-refractivity contribution is 5.85. The predicted molar refractivity (Wildman–Crippen MR) is 115 cm³/mol. The van der Waals surface area contributed by atoms with E-state index in [0.717, 1.165) is 11.1 Å². The first-order valence-corrected chi connectivity index (χ1v) is 11.4. The lowest BCUT2D eigenvalue weighted by molar-refractivity contribution is -0.175. The van der Waals surface area contributed by atoms with E-state index in [9.17, 15) is 19.2 Å². The highest BCUT2D eigenvalue weighted by Crippen LogP contribution is 2.72. The highest BCUT2D eigenvalue weighted by Gasteiger charge is 2.72. The Bertz CT molecular complexity index is 979. The van der Waals surface area contributed by atoms with Crippen molar-refractivity contribution in [1.29, 1.82) is 0 Å². The van der Waals surface area contributed by atoms with E-state index in [0.29, 0.717) is 25.7 Å². The molecule has 0 saturated heterocycles. The highest BCUT2D eigenvalue weighted by atomic mass is 16.6. The first-order chi connectivity index (χ1) is 15.5. The van der Waals surface area contributed by atoms with Crippen LogP contribution in [0.15, 0.2) is 23.3 Å². The summed E-state index contributed by atoms with van der Waals surface area (Å²) in [6.07, 6.45) is 5.17. The molecule has 0 N–H and O–H groups in total. The van der Waals surface area contributed by atoms with Gasteiger partial charge in [0.2, 0.25) is 0 Å². The van der Waals surface area contributed by atoms with Crippen LogP contribution in [0, 0.1) is 28.6 Å². The van der Waals surface area contributed by atoms with E-state index in [1.54, 1.807) is 13.0 Å². The normalized spacial score (nSPS) is 40.5. The number of hydrogen-bond donors (Lipinski definition) is 0. The summed E-state index contributed by atoms with van der Waals surface area (Å²) >= 11 is 0. The molecular formula is C25H32O8. The second-order valence-corrected chi connectivity index (χ2v) is 10.2. The Hall–Kier alpha value is -2.64. The van der Waals surface area contributed by atoms with E-state index < -0.39 is 52.3 Å². The van der Waals surface area contributed by atoms with Crippen LogP contribution in [0.5, 0.6) is 0 Å². The first-order valence-electron chi connectivity index (χ1n) is 11.4. The third-order valence-corrected chi connectivity index (χ3v) is 8.60. The number of rotatable bonds is 4. The number of allylic oxidation sites excluding steroid dienone is 3. The van der Waals surface area contributed by atoms with Crippen LogP contribution < -0.4 is 0 Å². The lowest BCUT2D eigenvalue weighted by Gasteiger charge is -2.45. The molecule has 0 amide bonds. The molecule has 1 spiro atoms. The Labute approximate surface area is 193 Å². The topological polar surface area (TPSA) is 105 Å². The smallest absolute Gasteiger partial charge is 0.316 e. The van der Waals surface area contributed by atoms with E-state index in [1.165, 1.54) is 28.1 Å². The van der Waals surface area contributed by atoms with Crippen LogP contribution in [-0.2, 0) is 38.1 Å². The van der Waals surface area contributed by atoms with E-state index in [1.807, 2.05) is 6.08 Å². The molecule has 0 aliphatic heterocycles. The van der Waals surface area contributed by atoms with Gasteiger partial charge in [0.05, 0.1) is 20.1 Å². The molecule has 33 heavy (non-hydrogen) atoms. The van der Waals surface area contributed by atoms with Crippen molar-refractivity contribution in [2.24, 2.45) is 28.6 Å². The van der Waals surface area contributed by atoms with E-state index >= 15 is 0 Å². The number of hydrogen-bond acceptors (Lipinski definition) is 8. The van der Waals surface area contributed by atoms with Crippen LogP contribution in [0.3, 0.4) is 0 Å². The molecule has 4 aliphatic rings. The zero-order chi connectivity index (χ0) is 24.3.